The van der Waals surface area contributed by atoms with Crippen LogP contribution in [0.3, 0.4) is 0 Å². The predicted octanol–water partition coefficient (Wildman–Crippen LogP) is 2.77. The van der Waals surface area contributed by atoms with Gasteiger partial charge in [-0.25, -0.2) is 4.98 Å². The summed E-state index contributed by atoms with van der Waals surface area (Å²) >= 11 is 5.10. The molecular formula is C14H20N2OS. The lowest BCUT2D eigenvalue weighted by atomic mass is 9.95. The largest absolute Gasteiger partial charge is 0.471 e. The van der Waals surface area contributed by atoms with Crippen molar-refractivity contribution in [2.45, 2.75) is 52.1 Å². The number of ether oxygens (including phenoxy) is 1. The van der Waals surface area contributed by atoms with E-state index in [1.54, 1.807) is 0 Å². The molecule has 3 nitrogen and oxygen atoms in total. The molecule has 0 fully saturated rings. The van der Waals surface area contributed by atoms with E-state index < -0.39 is 0 Å². The molecule has 0 saturated carbocycles. The van der Waals surface area contributed by atoms with Crippen molar-refractivity contribution in [2.75, 3.05) is 0 Å². The van der Waals surface area contributed by atoms with Crippen molar-refractivity contribution in [1.29, 1.82) is 0 Å². The van der Waals surface area contributed by atoms with E-state index in [1.165, 1.54) is 18.4 Å². The Morgan fingerprint density at radius 2 is 2.00 bits per heavy atom. The lowest BCUT2D eigenvalue weighted by Gasteiger charge is -2.24. The quantitative estimate of drug-likeness (QED) is 0.834. The zero-order valence-electron chi connectivity index (χ0n) is 11.2. The van der Waals surface area contributed by atoms with Crippen molar-refractivity contribution in [3.63, 3.8) is 0 Å². The number of aromatic nitrogens is 1. The lowest BCUT2D eigenvalue weighted by Crippen LogP contribution is -2.26. The normalized spacial score (nSPS) is 15.1. The molecule has 0 unspecified atom stereocenters. The molecule has 0 aliphatic heterocycles. The summed E-state index contributed by atoms with van der Waals surface area (Å²) in [7, 11) is 0. The first kappa shape index (κ1) is 13.3. The van der Waals surface area contributed by atoms with Crippen LogP contribution in [0, 0.1) is 0 Å². The second-order valence-electron chi connectivity index (χ2n) is 5.73. The predicted molar refractivity (Wildman–Crippen MR) is 77.1 cm³/mol. The van der Waals surface area contributed by atoms with Crippen LogP contribution in [0.4, 0.5) is 0 Å². The van der Waals surface area contributed by atoms with Crippen molar-refractivity contribution in [2.24, 2.45) is 5.73 Å². The Kier molecular flexibility index (Phi) is 3.57. The summed E-state index contributed by atoms with van der Waals surface area (Å²) in [6.07, 6.45) is 4.49. The minimum absolute atomic E-state index is 0.296. The van der Waals surface area contributed by atoms with Crippen LogP contribution in [-0.2, 0) is 12.8 Å². The molecule has 0 atom stereocenters. The van der Waals surface area contributed by atoms with Crippen LogP contribution in [0.2, 0.25) is 0 Å². The number of thiocarbonyl (C=S) groups is 1. The van der Waals surface area contributed by atoms with Crippen LogP contribution in [0.15, 0.2) is 6.07 Å². The third-order valence-electron chi connectivity index (χ3n) is 2.93. The SMILES string of the molecule is CC(C)(C)Oc1nc2c(cc1C(N)=S)CCCC2. The second-order valence-corrected chi connectivity index (χ2v) is 6.17. The van der Waals surface area contributed by atoms with Gasteiger partial charge in [0.25, 0.3) is 0 Å². The van der Waals surface area contributed by atoms with E-state index in [4.69, 9.17) is 22.7 Å². The van der Waals surface area contributed by atoms with Crippen LogP contribution < -0.4 is 10.5 Å². The molecule has 0 radical (unpaired) electrons. The number of fused-ring (bicyclic) bond motifs is 1. The van der Waals surface area contributed by atoms with Gasteiger partial charge in [-0.15, -0.1) is 0 Å². The maximum Gasteiger partial charge on any atom is 0.224 e. The molecular weight excluding hydrogens is 244 g/mol. The van der Waals surface area contributed by atoms with E-state index in [2.05, 4.69) is 11.1 Å². The Hall–Kier alpha value is -1.16. The molecule has 98 valence electrons. The number of hydrogen-bond acceptors (Lipinski definition) is 3. The van der Waals surface area contributed by atoms with Crippen molar-refractivity contribution >= 4 is 17.2 Å². The highest BCUT2D eigenvalue weighted by Gasteiger charge is 2.21. The third-order valence-corrected chi connectivity index (χ3v) is 3.15. The molecule has 2 rings (SSSR count). The molecule has 0 saturated heterocycles. The minimum atomic E-state index is -0.296. The van der Waals surface area contributed by atoms with Gasteiger partial charge in [0.1, 0.15) is 10.6 Å². The van der Waals surface area contributed by atoms with Crippen LogP contribution in [0.1, 0.15) is 50.4 Å². The summed E-state index contributed by atoms with van der Waals surface area (Å²) in [6.45, 7) is 5.99. The van der Waals surface area contributed by atoms with Gasteiger partial charge in [-0.2, -0.15) is 0 Å². The highest BCUT2D eigenvalue weighted by Crippen LogP contribution is 2.28. The highest BCUT2D eigenvalue weighted by molar-refractivity contribution is 7.80. The van der Waals surface area contributed by atoms with Crippen LogP contribution in [-0.4, -0.2) is 15.6 Å². The number of nitrogens with two attached hydrogens (primary N) is 1. The average molecular weight is 264 g/mol. The monoisotopic (exact) mass is 264 g/mol. The van der Waals surface area contributed by atoms with Crippen LogP contribution >= 0.6 is 12.2 Å². The fourth-order valence-corrected chi connectivity index (χ4v) is 2.31. The first-order chi connectivity index (χ1) is 8.37. The van der Waals surface area contributed by atoms with Gasteiger partial charge in [0, 0.05) is 5.69 Å². The number of nitrogens with zero attached hydrogens (tertiary/aromatic N) is 1. The number of rotatable bonds is 2. The van der Waals surface area contributed by atoms with Crippen molar-refractivity contribution in [1.82, 2.24) is 4.98 Å². The van der Waals surface area contributed by atoms with E-state index >= 15 is 0 Å². The van der Waals surface area contributed by atoms with Gasteiger partial charge >= 0.3 is 0 Å². The van der Waals surface area contributed by atoms with Gasteiger partial charge in [-0.05, 0) is 58.1 Å². The zero-order valence-corrected chi connectivity index (χ0v) is 12.1. The fourth-order valence-electron chi connectivity index (χ4n) is 2.16. The van der Waals surface area contributed by atoms with Crippen molar-refractivity contribution in [3.8, 4) is 5.88 Å². The average Bonchev–Trinajstić information content (AvgIpc) is 2.25. The molecule has 1 aromatic rings. The van der Waals surface area contributed by atoms with Crippen LogP contribution in [0.25, 0.3) is 0 Å². The minimum Gasteiger partial charge on any atom is -0.471 e. The Balaban J connectivity index is 2.45. The maximum atomic E-state index is 5.88. The summed E-state index contributed by atoms with van der Waals surface area (Å²) in [5.74, 6) is 0.579. The van der Waals surface area contributed by atoms with Gasteiger partial charge in [0.2, 0.25) is 5.88 Å². The molecule has 1 heterocycles. The first-order valence-electron chi connectivity index (χ1n) is 6.38. The van der Waals surface area contributed by atoms with Crippen molar-refractivity contribution in [3.05, 3.63) is 22.9 Å². The molecule has 0 bridgehead atoms. The number of hydrogen-bond donors (Lipinski definition) is 1. The second kappa shape index (κ2) is 4.84. The molecule has 1 aliphatic carbocycles. The lowest BCUT2D eigenvalue weighted by molar-refractivity contribution is 0.123. The number of pyridine rings is 1. The Morgan fingerprint density at radius 1 is 1.33 bits per heavy atom. The highest BCUT2D eigenvalue weighted by atomic mass is 32.1. The van der Waals surface area contributed by atoms with E-state index in [0.717, 1.165) is 24.1 Å². The standard InChI is InChI=1S/C14H20N2OS/c1-14(2,3)17-13-10(12(15)18)8-9-6-4-5-7-11(9)16-13/h8H,4-7H2,1-3H3,(H2,15,18). The molecule has 1 aliphatic rings. The van der Waals surface area contributed by atoms with Gasteiger partial charge in [-0.3, -0.25) is 0 Å². The summed E-state index contributed by atoms with van der Waals surface area (Å²) in [6, 6.07) is 2.06. The molecule has 0 spiro atoms. The fraction of sp³-hybridized carbons (Fsp3) is 0.571. The maximum absolute atomic E-state index is 5.88. The summed E-state index contributed by atoms with van der Waals surface area (Å²) in [5.41, 5.74) is 8.65. The smallest absolute Gasteiger partial charge is 0.224 e. The Morgan fingerprint density at radius 3 is 2.61 bits per heavy atom. The van der Waals surface area contributed by atoms with Gasteiger partial charge in [0.05, 0.1) is 5.56 Å². The van der Waals surface area contributed by atoms with E-state index in [9.17, 15) is 0 Å². The third kappa shape index (κ3) is 2.99. The molecule has 0 aromatic carbocycles. The van der Waals surface area contributed by atoms with Crippen molar-refractivity contribution < 1.29 is 4.74 Å². The Bertz CT molecular complexity index is 477. The number of aryl methyl sites for hydroxylation is 2. The topological polar surface area (TPSA) is 48.1 Å². The summed E-state index contributed by atoms with van der Waals surface area (Å²) < 4.78 is 5.88. The summed E-state index contributed by atoms with van der Waals surface area (Å²) in [4.78, 5) is 4.99. The van der Waals surface area contributed by atoms with Gasteiger partial charge in [-0.1, -0.05) is 12.2 Å². The first-order valence-corrected chi connectivity index (χ1v) is 6.79. The van der Waals surface area contributed by atoms with E-state index in [1.807, 2.05) is 20.8 Å². The zero-order chi connectivity index (χ0) is 13.3. The van der Waals surface area contributed by atoms with Crippen LogP contribution in [0.5, 0.6) is 5.88 Å². The van der Waals surface area contributed by atoms with E-state index in [-0.39, 0.29) is 5.60 Å². The van der Waals surface area contributed by atoms with E-state index in [0.29, 0.717) is 10.9 Å². The molecule has 2 N–H and O–H groups in total. The Labute approximate surface area is 114 Å². The summed E-state index contributed by atoms with van der Waals surface area (Å²) in [5, 5.41) is 0. The van der Waals surface area contributed by atoms with Gasteiger partial charge in [0.15, 0.2) is 0 Å². The molecule has 18 heavy (non-hydrogen) atoms. The molecule has 0 amide bonds. The molecule has 4 heteroatoms. The van der Waals surface area contributed by atoms with Gasteiger partial charge < -0.3 is 10.5 Å². The molecule has 1 aromatic heterocycles.